The summed E-state index contributed by atoms with van der Waals surface area (Å²) in [7, 11) is 0. The fourth-order valence-corrected chi connectivity index (χ4v) is 2.97. The molecule has 0 aliphatic heterocycles. The van der Waals surface area contributed by atoms with Crippen LogP contribution in [0.2, 0.25) is 0 Å². The molecule has 0 amide bonds. The van der Waals surface area contributed by atoms with Gasteiger partial charge in [0.25, 0.3) is 0 Å². The Morgan fingerprint density at radius 1 is 1.44 bits per heavy atom. The van der Waals surface area contributed by atoms with E-state index >= 15 is 0 Å². The number of aliphatic hydroxyl groups excluding tert-OH is 1. The van der Waals surface area contributed by atoms with Crippen molar-refractivity contribution in [3.05, 3.63) is 28.2 Å². The van der Waals surface area contributed by atoms with Crippen LogP contribution in [0.15, 0.2) is 27.6 Å². The molecule has 102 valence electrons. The lowest BCUT2D eigenvalue weighted by Crippen LogP contribution is -2.14. The molecule has 1 atom stereocenters. The molecule has 0 spiro atoms. The number of thioether (sulfide) groups is 1. The first-order valence-electron chi connectivity index (χ1n) is 6.40. The van der Waals surface area contributed by atoms with Crippen molar-refractivity contribution in [2.75, 3.05) is 18.9 Å². The van der Waals surface area contributed by atoms with Gasteiger partial charge in [-0.1, -0.05) is 29.8 Å². The average Bonchev–Trinajstić information content (AvgIpc) is 2.37. The molecular weight excluding hydrogens is 310 g/mol. The number of hydrogen-bond acceptors (Lipinski definition) is 3. The van der Waals surface area contributed by atoms with E-state index in [1.165, 1.54) is 10.5 Å². The third-order valence-corrected chi connectivity index (χ3v) is 4.54. The third-order valence-electron chi connectivity index (χ3n) is 2.60. The first kappa shape index (κ1) is 16.0. The van der Waals surface area contributed by atoms with E-state index in [1.807, 2.05) is 11.8 Å². The van der Waals surface area contributed by atoms with Crippen LogP contribution in [0.25, 0.3) is 0 Å². The van der Waals surface area contributed by atoms with E-state index in [0.717, 1.165) is 29.7 Å². The Morgan fingerprint density at radius 3 is 2.89 bits per heavy atom. The normalized spacial score (nSPS) is 12.7. The predicted molar refractivity (Wildman–Crippen MR) is 83.1 cm³/mol. The fourth-order valence-electron chi connectivity index (χ4n) is 1.51. The van der Waals surface area contributed by atoms with E-state index in [4.69, 9.17) is 5.11 Å². The Hall–Kier alpha value is -0.0300. The zero-order valence-corrected chi connectivity index (χ0v) is 13.5. The monoisotopic (exact) mass is 331 g/mol. The lowest BCUT2D eigenvalue weighted by molar-refractivity contribution is 0.250. The van der Waals surface area contributed by atoms with Crippen molar-refractivity contribution in [3.63, 3.8) is 0 Å². The number of hydrogen-bond donors (Lipinski definition) is 2. The summed E-state index contributed by atoms with van der Waals surface area (Å²) in [5, 5.41) is 12.5. The van der Waals surface area contributed by atoms with Crippen LogP contribution in [0.1, 0.15) is 25.8 Å². The fraction of sp³-hybridized carbons (Fsp3) is 0.571. The van der Waals surface area contributed by atoms with Gasteiger partial charge in [0.15, 0.2) is 0 Å². The third kappa shape index (κ3) is 5.74. The highest BCUT2D eigenvalue weighted by Gasteiger charge is 2.06. The highest BCUT2D eigenvalue weighted by Crippen LogP contribution is 2.27. The molecule has 4 heteroatoms. The minimum absolute atomic E-state index is 0.257. The summed E-state index contributed by atoms with van der Waals surface area (Å²) in [6, 6.07) is 6.41. The molecule has 0 aliphatic rings. The smallest absolute Gasteiger partial charge is 0.0464 e. The second-order valence-electron chi connectivity index (χ2n) is 4.53. The summed E-state index contributed by atoms with van der Waals surface area (Å²) in [6.45, 7) is 6.45. The maximum Gasteiger partial charge on any atom is 0.0464 e. The maximum absolute atomic E-state index is 9.07. The van der Waals surface area contributed by atoms with Gasteiger partial charge in [-0.15, -0.1) is 11.8 Å². The largest absolute Gasteiger partial charge is 0.396 e. The van der Waals surface area contributed by atoms with E-state index in [1.54, 1.807) is 0 Å². The van der Waals surface area contributed by atoms with Gasteiger partial charge in [0.05, 0.1) is 0 Å². The molecule has 0 aromatic heterocycles. The van der Waals surface area contributed by atoms with Crippen molar-refractivity contribution in [2.24, 2.45) is 5.92 Å². The number of nitrogens with one attached hydrogen (secondary N) is 1. The number of halogens is 1. The average molecular weight is 332 g/mol. The van der Waals surface area contributed by atoms with E-state index in [2.05, 4.69) is 53.3 Å². The summed E-state index contributed by atoms with van der Waals surface area (Å²) in [4.78, 5) is 1.31. The lowest BCUT2D eigenvalue weighted by atomic mass is 10.2. The predicted octanol–water partition coefficient (Wildman–Crippen LogP) is 3.67. The number of rotatable bonds is 8. The van der Waals surface area contributed by atoms with E-state index in [9.17, 15) is 0 Å². The van der Waals surface area contributed by atoms with Crippen LogP contribution >= 0.6 is 27.7 Å². The molecule has 0 radical (unpaired) electrons. The van der Waals surface area contributed by atoms with Gasteiger partial charge in [0.2, 0.25) is 0 Å². The van der Waals surface area contributed by atoms with Crippen molar-refractivity contribution >= 4 is 27.7 Å². The molecular formula is C14H22BrNOS. The summed E-state index contributed by atoms with van der Waals surface area (Å²) in [5.41, 5.74) is 1.33. The summed E-state index contributed by atoms with van der Waals surface area (Å²) < 4.78 is 1.12. The molecule has 0 saturated carbocycles. The minimum atomic E-state index is 0.257. The molecule has 0 saturated heterocycles. The van der Waals surface area contributed by atoms with Crippen LogP contribution < -0.4 is 5.32 Å². The molecule has 1 aromatic rings. The van der Waals surface area contributed by atoms with Gasteiger partial charge >= 0.3 is 0 Å². The second-order valence-corrected chi connectivity index (χ2v) is 6.51. The Labute approximate surface area is 123 Å². The molecule has 2 nitrogen and oxygen atoms in total. The van der Waals surface area contributed by atoms with Crippen LogP contribution in [0.4, 0.5) is 0 Å². The Bertz CT molecular complexity index is 360. The van der Waals surface area contributed by atoms with Crippen LogP contribution in [-0.4, -0.2) is 24.0 Å². The van der Waals surface area contributed by atoms with Gasteiger partial charge in [0, 0.05) is 28.3 Å². The van der Waals surface area contributed by atoms with Crippen molar-refractivity contribution in [1.82, 2.24) is 5.32 Å². The van der Waals surface area contributed by atoms with Crippen molar-refractivity contribution in [2.45, 2.75) is 31.7 Å². The Balaban J connectivity index is 2.63. The van der Waals surface area contributed by atoms with E-state index in [0.29, 0.717) is 5.92 Å². The van der Waals surface area contributed by atoms with E-state index in [-0.39, 0.29) is 6.61 Å². The molecule has 1 aromatic carbocycles. The van der Waals surface area contributed by atoms with Gasteiger partial charge in [-0.3, -0.25) is 0 Å². The molecule has 0 bridgehead atoms. The standard InChI is InChI=1S/C14H22BrNOS/c1-3-6-16-8-12-7-13(15)4-5-14(12)18-10-11(2)9-17/h4-5,7,11,16-17H,3,6,8-10H2,1-2H3. The SMILES string of the molecule is CCCNCc1cc(Br)ccc1SCC(C)CO. The van der Waals surface area contributed by atoms with Gasteiger partial charge in [-0.05, 0) is 42.6 Å². The quantitative estimate of drug-likeness (QED) is 0.563. The maximum atomic E-state index is 9.07. The van der Waals surface area contributed by atoms with Gasteiger partial charge in [0.1, 0.15) is 0 Å². The van der Waals surface area contributed by atoms with Crippen LogP contribution in [0, 0.1) is 5.92 Å². The Morgan fingerprint density at radius 2 is 2.22 bits per heavy atom. The van der Waals surface area contributed by atoms with E-state index < -0.39 is 0 Å². The van der Waals surface area contributed by atoms with Gasteiger partial charge in [-0.25, -0.2) is 0 Å². The molecule has 1 unspecified atom stereocenters. The minimum Gasteiger partial charge on any atom is -0.396 e. The first-order valence-corrected chi connectivity index (χ1v) is 8.18. The summed E-state index contributed by atoms with van der Waals surface area (Å²) >= 11 is 5.35. The first-order chi connectivity index (χ1) is 8.67. The molecule has 0 fully saturated rings. The van der Waals surface area contributed by atoms with Crippen molar-refractivity contribution < 1.29 is 5.11 Å². The van der Waals surface area contributed by atoms with Gasteiger partial charge in [-0.2, -0.15) is 0 Å². The summed E-state index contributed by atoms with van der Waals surface area (Å²) in [6.07, 6.45) is 1.15. The molecule has 2 N–H and O–H groups in total. The number of aliphatic hydroxyl groups is 1. The topological polar surface area (TPSA) is 32.3 Å². The highest BCUT2D eigenvalue weighted by atomic mass is 79.9. The summed E-state index contributed by atoms with van der Waals surface area (Å²) in [5.74, 6) is 1.30. The van der Waals surface area contributed by atoms with Crippen LogP contribution in [0.5, 0.6) is 0 Å². The van der Waals surface area contributed by atoms with Crippen LogP contribution in [0.3, 0.4) is 0 Å². The molecule has 1 rings (SSSR count). The lowest BCUT2D eigenvalue weighted by Gasteiger charge is -2.12. The molecule has 18 heavy (non-hydrogen) atoms. The number of benzene rings is 1. The second kappa shape index (κ2) is 8.97. The van der Waals surface area contributed by atoms with Gasteiger partial charge < -0.3 is 10.4 Å². The van der Waals surface area contributed by atoms with Crippen molar-refractivity contribution in [3.8, 4) is 0 Å². The van der Waals surface area contributed by atoms with Crippen LogP contribution in [-0.2, 0) is 6.54 Å². The highest BCUT2D eigenvalue weighted by molar-refractivity contribution is 9.10. The zero-order valence-electron chi connectivity index (χ0n) is 11.1. The van der Waals surface area contributed by atoms with Crippen molar-refractivity contribution in [1.29, 1.82) is 0 Å². The zero-order chi connectivity index (χ0) is 13.4. The molecule has 0 aliphatic carbocycles. The Kier molecular flexibility index (Phi) is 7.98. The molecule has 0 heterocycles.